The Morgan fingerprint density at radius 3 is 2.20 bits per heavy atom. The lowest BCUT2D eigenvalue weighted by atomic mass is 10.0. The summed E-state index contributed by atoms with van der Waals surface area (Å²) in [5.74, 6) is -0.708. The normalized spacial score (nSPS) is 12.2. The van der Waals surface area contributed by atoms with Gasteiger partial charge in [-0.25, -0.2) is 8.42 Å². The van der Waals surface area contributed by atoms with E-state index in [9.17, 15) is 18.0 Å². The van der Waals surface area contributed by atoms with E-state index in [1.165, 1.54) is 4.90 Å². The highest BCUT2D eigenvalue weighted by Gasteiger charge is 2.33. The van der Waals surface area contributed by atoms with Crippen molar-refractivity contribution in [1.29, 1.82) is 0 Å². The van der Waals surface area contributed by atoms with E-state index in [0.717, 1.165) is 20.6 Å². The number of amides is 2. The fraction of sp³-hybridized carbons (Fsp3) is 0.310. The molecule has 0 bridgehead atoms. The van der Waals surface area contributed by atoms with Gasteiger partial charge in [0.1, 0.15) is 12.6 Å². The molecule has 0 saturated heterocycles. The Morgan fingerprint density at radius 1 is 0.975 bits per heavy atom. The third-order valence-corrected chi connectivity index (χ3v) is 8.36. The molecule has 0 saturated carbocycles. The Hall–Kier alpha value is -2.59. The molecule has 3 rings (SSSR count). The van der Waals surface area contributed by atoms with Gasteiger partial charge in [-0.2, -0.15) is 0 Å². The van der Waals surface area contributed by atoms with Crippen molar-refractivity contribution >= 4 is 66.7 Å². The van der Waals surface area contributed by atoms with Crippen LogP contribution in [-0.2, 0) is 32.6 Å². The van der Waals surface area contributed by atoms with E-state index in [1.54, 1.807) is 42.5 Å². The molecule has 1 unspecified atom stereocenters. The number of sulfonamides is 1. The summed E-state index contributed by atoms with van der Waals surface area (Å²) in [6.45, 7) is 3.84. The lowest BCUT2D eigenvalue weighted by Gasteiger charge is -2.34. The standard InChI is InChI=1S/C29H32BrCl2N3O4S/c1-20(2)17-33-29(37)27(15-21-7-5-4-6-8-21)34(18-22-9-12-24(31)16-26(22)32)28(36)19-35(40(3,38)39)25-13-10-23(30)11-14-25/h4-14,16,20,27H,15,17-19H2,1-3H3,(H,33,37). The van der Waals surface area contributed by atoms with E-state index in [2.05, 4.69) is 21.2 Å². The Balaban J connectivity index is 2.06. The zero-order chi connectivity index (χ0) is 29.4. The van der Waals surface area contributed by atoms with Gasteiger partial charge in [0.2, 0.25) is 21.8 Å². The molecule has 3 aromatic rings. The van der Waals surface area contributed by atoms with E-state index < -0.39 is 28.5 Å². The van der Waals surface area contributed by atoms with Crippen LogP contribution in [0.3, 0.4) is 0 Å². The van der Waals surface area contributed by atoms with E-state index >= 15 is 0 Å². The number of rotatable bonds is 12. The maximum Gasteiger partial charge on any atom is 0.244 e. The van der Waals surface area contributed by atoms with Crippen LogP contribution in [0.1, 0.15) is 25.0 Å². The monoisotopic (exact) mass is 667 g/mol. The van der Waals surface area contributed by atoms with Gasteiger partial charge in [-0.1, -0.05) is 89.4 Å². The molecule has 40 heavy (non-hydrogen) atoms. The second kappa shape index (κ2) is 14.3. The highest BCUT2D eigenvalue weighted by molar-refractivity contribution is 9.10. The van der Waals surface area contributed by atoms with E-state index in [4.69, 9.17) is 23.2 Å². The molecule has 0 fully saturated rings. The molecule has 0 aliphatic rings. The second-order valence-electron chi connectivity index (χ2n) is 9.85. The number of nitrogens with zero attached hydrogens (tertiary/aromatic N) is 2. The first-order chi connectivity index (χ1) is 18.8. The number of benzene rings is 3. The highest BCUT2D eigenvalue weighted by Crippen LogP contribution is 2.26. The van der Waals surface area contributed by atoms with Crippen LogP contribution in [0.2, 0.25) is 10.0 Å². The topological polar surface area (TPSA) is 86.8 Å². The average Bonchev–Trinajstić information content (AvgIpc) is 2.89. The second-order valence-corrected chi connectivity index (χ2v) is 13.5. The molecular formula is C29H32BrCl2N3O4S. The minimum atomic E-state index is -3.85. The Bertz CT molecular complexity index is 1420. The van der Waals surface area contributed by atoms with Crippen molar-refractivity contribution in [2.24, 2.45) is 5.92 Å². The summed E-state index contributed by atoms with van der Waals surface area (Å²) in [5.41, 5.74) is 1.75. The molecule has 0 aliphatic heterocycles. The van der Waals surface area contributed by atoms with Crippen molar-refractivity contribution < 1.29 is 18.0 Å². The predicted molar refractivity (Wildman–Crippen MR) is 165 cm³/mol. The maximum atomic E-state index is 14.1. The van der Waals surface area contributed by atoms with Crippen LogP contribution in [-0.4, -0.2) is 50.5 Å². The van der Waals surface area contributed by atoms with Gasteiger partial charge in [-0.05, 0) is 53.4 Å². The molecule has 0 aromatic heterocycles. The molecule has 1 N–H and O–H groups in total. The number of hydrogen-bond donors (Lipinski definition) is 1. The molecule has 0 aliphatic carbocycles. The van der Waals surface area contributed by atoms with Crippen LogP contribution in [0.5, 0.6) is 0 Å². The first-order valence-electron chi connectivity index (χ1n) is 12.6. The molecule has 0 spiro atoms. The summed E-state index contributed by atoms with van der Waals surface area (Å²) in [5, 5.41) is 3.71. The van der Waals surface area contributed by atoms with Gasteiger partial charge in [0.15, 0.2) is 0 Å². The average molecular weight is 669 g/mol. The third kappa shape index (κ3) is 9.23. The van der Waals surface area contributed by atoms with Gasteiger partial charge in [0.25, 0.3) is 0 Å². The number of nitrogens with one attached hydrogen (secondary N) is 1. The summed E-state index contributed by atoms with van der Waals surface area (Å²) in [6.07, 6.45) is 1.26. The fourth-order valence-electron chi connectivity index (χ4n) is 4.03. The molecule has 214 valence electrons. The van der Waals surface area contributed by atoms with Gasteiger partial charge >= 0.3 is 0 Å². The molecule has 2 amide bonds. The summed E-state index contributed by atoms with van der Waals surface area (Å²) < 4.78 is 27.4. The zero-order valence-electron chi connectivity index (χ0n) is 22.5. The van der Waals surface area contributed by atoms with Crippen molar-refractivity contribution in [1.82, 2.24) is 10.2 Å². The van der Waals surface area contributed by atoms with Gasteiger partial charge < -0.3 is 10.2 Å². The molecule has 11 heteroatoms. The van der Waals surface area contributed by atoms with E-state index in [-0.39, 0.29) is 24.8 Å². The minimum Gasteiger partial charge on any atom is -0.354 e. The zero-order valence-corrected chi connectivity index (χ0v) is 26.4. The van der Waals surface area contributed by atoms with Crippen molar-refractivity contribution in [2.75, 3.05) is 23.7 Å². The quantitative estimate of drug-likeness (QED) is 0.259. The molecular weight excluding hydrogens is 637 g/mol. The van der Waals surface area contributed by atoms with Gasteiger partial charge in [0.05, 0.1) is 11.9 Å². The largest absolute Gasteiger partial charge is 0.354 e. The Labute approximate surface area is 254 Å². The minimum absolute atomic E-state index is 0.0284. The summed E-state index contributed by atoms with van der Waals surface area (Å²) in [7, 11) is -3.85. The third-order valence-electron chi connectivity index (χ3n) is 6.11. The van der Waals surface area contributed by atoms with Gasteiger partial charge in [0, 0.05) is 34.0 Å². The van der Waals surface area contributed by atoms with E-state index in [0.29, 0.717) is 27.8 Å². The first-order valence-corrected chi connectivity index (χ1v) is 16.0. The van der Waals surface area contributed by atoms with Crippen molar-refractivity contribution in [2.45, 2.75) is 32.9 Å². The summed E-state index contributed by atoms with van der Waals surface area (Å²) in [4.78, 5) is 29.1. The van der Waals surface area contributed by atoms with Crippen molar-refractivity contribution in [3.05, 3.63) is 98.4 Å². The number of carbonyl (C=O) groups excluding carboxylic acids is 2. The lowest BCUT2D eigenvalue weighted by Crippen LogP contribution is -2.53. The lowest BCUT2D eigenvalue weighted by molar-refractivity contribution is -0.140. The van der Waals surface area contributed by atoms with Crippen molar-refractivity contribution in [3.8, 4) is 0 Å². The molecule has 0 heterocycles. The van der Waals surface area contributed by atoms with Crippen LogP contribution in [0.4, 0.5) is 5.69 Å². The van der Waals surface area contributed by atoms with Gasteiger partial charge in [-0.3, -0.25) is 13.9 Å². The van der Waals surface area contributed by atoms with Crippen LogP contribution in [0.15, 0.2) is 77.3 Å². The summed E-state index contributed by atoms with van der Waals surface area (Å²) >= 11 is 15.9. The number of halogens is 3. The number of anilines is 1. The predicted octanol–water partition coefficient (Wildman–Crippen LogP) is 5.93. The number of hydrogen-bond acceptors (Lipinski definition) is 4. The van der Waals surface area contributed by atoms with Crippen LogP contribution in [0, 0.1) is 5.92 Å². The van der Waals surface area contributed by atoms with E-state index in [1.807, 2.05) is 44.2 Å². The molecule has 0 radical (unpaired) electrons. The Morgan fingerprint density at radius 2 is 1.62 bits per heavy atom. The molecule has 1 atom stereocenters. The smallest absolute Gasteiger partial charge is 0.244 e. The molecule has 7 nitrogen and oxygen atoms in total. The van der Waals surface area contributed by atoms with Crippen LogP contribution < -0.4 is 9.62 Å². The SMILES string of the molecule is CC(C)CNC(=O)C(Cc1ccccc1)N(Cc1ccc(Cl)cc1Cl)C(=O)CN(c1ccc(Br)cc1)S(C)(=O)=O. The van der Waals surface area contributed by atoms with Crippen LogP contribution in [0.25, 0.3) is 0 Å². The highest BCUT2D eigenvalue weighted by atomic mass is 79.9. The number of carbonyl (C=O) groups is 2. The first kappa shape index (κ1) is 31.9. The van der Waals surface area contributed by atoms with Crippen LogP contribution >= 0.6 is 39.1 Å². The van der Waals surface area contributed by atoms with Gasteiger partial charge in [-0.15, -0.1) is 0 Å². The molecule has 3 aromatic carbocycles. The fourth-order valence-corrected chi connectivity index (χ4v) is 5.61. The summed E-state index contributed by atoms with van der Waals surface area (Å²) in [6, 6.07) is 19.9. The van der Waals surface area contributed by atoms with Crippen molar-refractivity contribution in [3.63, 3.8) is 0 Å². The maximum absolute atomic E-state index is 14.1. The Kier molecular flexibility index (Phi) is 11.5.